The number of hydrogen-bond acceptors (Lipinski definition) is 3. The Labute approximate surface area is 155 Å². The molecule has 5 nitrogen and oxygen atoms in total. The molecule has 1 aliphatic rings. The zero-order valence-electron chi connectivity index (χ0n) is 15.0. The molecule has 0 saturated carbocycles. The summed E-state index contributed by atoms with van der Waals surface area (Å²) in [5.74, 6) is -2.61. The van der Waals surface area contributed by atoms with E-state index < -0.39 is 23.4 Å². The van der Waals surface area contributed by atoms with Gasteiger partial charge >= 0.3 is 0 Å². The fraction of sp³-hybridized carbons (Fsp3) is 0.250. The molecule has 0 unspecified atom stereocenters. The molecule has 0 bridgehead atoms. The first kappa shape index (κ1) is 18.7. The van der Waals surface area contributed by atoms with Crippen LogP contribution in [0.5, 0.6) is 0 Å². The highest BCUT2D eigenvalue weighted by molar-refractivity contribution is 6.21. The number of carbonyl (C=O) groups excluding carboxylic acids is 3. The van der Waals surface area contributed by atoms with Gasteiger partial charge in [-0.1, -0.05) is 17.7 Å². The van der Waals surface area contributed by atoms with E-state index in [2.05, 4.69) is 0 Å². The number of imide groups is 1. The number of amides is 3. The van der Waals surface area contributed by atoms with Crippen molar-refractivity contribution in [2.24, 2.45) is 0 Å². The number of aryl methyl sites for hydroxylation is 1. The van der Waals surface area contributed by atoms with Crippen LogP contribution in [-0.2, 0) is 11.3 Å². The van der Waals surface area contributed by atoms with E-state index in [1.165, 1.54) is 18.0 Å². The molecule has 1 aliphatic heterocycles. The molecule has 0 spiro atoms. The summed E-state index contributed by atoms with van der Waals surface area (Å²) in [6.45, 7) is 1.74. The van der Waals surface area contributed by atoms with E-state index >= 15 is 0 Å². The quantitative estimate of drug-likeness (QED) is 0.759. The van der Waals surface area contributed by atoms with E-state index in [-0.39, 0.29) is 31.0 Å². The Morgan fingerprint density at radius 1 is 1.04 bits per heavy atom. The number of benzene rings is 2. The monoisotopic (exact) mass is 372 g/mol. The van der Waals surface area contributed by atoms with Crippen LogP contribution in [0.15, 0.2) is 36.4 Å². The van der Waals surface area contributed by atoms with Gasteiger partial charge in [0.2, 0.25) is 5.91 Å². The summed E-state index contributed by atoms with van der Waals surface area (Å²) in [5.41, 5.74) is 1.73. The maximum absolute atomic E-state index is 13.7. The molecule has 2 aromatic carbocycles. The van der Waals surface area contributed by atoms with Crippen LogP contribution >= 0.6 is 0 Å². The maximum atomic E-state index is 13.7. The fourth-order valence-electron chi connectivity index (χ4n) is 3.00. The van der Waals surface area contributed by atoms with E-state index in [1.807, 2.05) is 6.92 Å². The molecule has 7 heteroatoms. The number of nitrogens with zero attached hydrogens (tertiary/aromatic N) is 2. The average Bonchev–Trinajstić information content (AvgIpc) is 2.85. The second-order valence-corrected chi connectivity index (χ2v) is 6.55. The molecular weight excluding hydrogens is 354 g/mol. The molecule has 0 atom stereocenters. The van der Waals surface area contributed by atoms with Crippen molar-refractivity contribution in [1.82, 2.24) is 9.80 Å². The minimum atomic E-state index is -0.731. The van der Waals surface area contributed by atoms with Gasteiger partial charge in [0.25, 0.3) is 11.8 Å². The summed E-state index contributed by atoms with van der Waals surface area (Å²) in [6.07, 6.45) is -0.0796. The highest BCUT2D eigenvalue weighted by Gasteiger charge is 2.35. The Hall–Kier alpha value is -3.09. The summed E-state index contributed by atoms with van der Waals surface area (Å²) < 4.78 is 26.7. The first-order valence-corrected chi connectivity index (χ1v) is 8.42. The zero-order valence-corrected chi connectivity index (χ0v) is 15.0. The summed E-state index contributed by atoms with van der Waals surface area (Å²) in [7, 11) is 1.48. The van der Waals surface area contributed by atoms with Crippen molar-refractivity contribution in [2.75, 3.05) is 13.6 Å². The molecule has 2 aromatic rings. The first-order chi connectivity index (χ1) is 12.8. The third kappa shape index (κ3) is 3.72. The Morgan fingerprint density at radius 2 is 1.74 bits per heavy atom. The zero-order chi connectivity index (χ0) is 19.7. The SMILES string of the molecule is Cc1ccc2c(c1)C(=O)N(CCC(=O)N(C)Cc1ccc(F)cc1F)C2=O. The molecule has 0 aliphatic carbocycles. The number of rotatable bonds is 5. The van der Waals surface area contributed by atoms with E-state index in [1.54, 1.807) is 18.2 Å². The van der Waals surface area contributed by atoms with Crippen molar-refractivity contribution in [3.63, 3.8) is 0 Å². The van der Waals surface area contributed by atoms with Gasteiger partial charge in [0.1, 0.15) is 11.6 Å². The summed E-state index contributed by atoms with van der Waals surface area (Å²) >= 11 is 0. The summed E-state index contributed by atoms with van der Waals surface area (Å²) in [5, 5.41) is 0. The number of carbonyl (C=O) groups is 3. The lowest BCUT2D eigenvalue weighted by molar-refractivity contribution is -0.130. The number of fused-ring (bicyclic) bond motifs is 1. The highest BCUT2D eigenvalue weighted by Crippen LogP contribution is 2.24. The first-order valence-electron chi connectivity index (χ1n) is 8.42. The Bertz CT molecular complexity index is 943. The minimum Gasteiger partial charge on any atom is -0.341 e. The van der Waals surface area contributed by atoms with Crippen LogP contribution in [-0.4, -0.2) is 41.1 Å². The molecule has 0 fully saturated rings. The molecule has 3 amide bonds. The third-order valence-corrected chi connectivity index (χ3v) is 4.52. The van der Waals surface area contributed by atoms with Crippen LogP contribution in [0.3, 0.4) is 0 Å². The highest BCUT2D eigenvalue weighted by atomic mass is 19.1. The van der Waals surface area contributed by atoms with E-state index in [4.69, 9.17) is 0 Å². The van der Waals surface area contributed by atoms with Gasteiger partial charge in [-0.2, -0.15) is 0 Å². The van der Waals surface area contributed by atoms with Gasteiger partial charge in [0.15, 0.2) is 0 Å². The van der Waals surface area contributed by atoms with Crippen molar-refractivity contribution in [3.8, 4) is 0 Å². The molecule has 27 heavy (non-hydrogen) atoms. The number of halogens is 2. The largest absolute Gasteiger partial charge is 0.341 e. The van der Waals surface area contributed by atoms with Gasteiger partial charge in [0.05, 0.1) is 11.1 Å². The smallest absolute Gasteiger partial charge is 0.261 e. The lowest BCUT2D eigenvalue weighted by Gasteiger charge is -2.19. The van der Waals surface area contributed by atoms with Crippen LogP contribution in [0.1, 0.15) is 38.3 Å². The van der Waals surface area contributed by atoms with Gasteiger partial charge in [-0.25, -0.2) is 8.78 Å². The molecule has 0 radical (unpaired) electrons. The minimum absolute atomic E-state index is 0.0355. The van der Waals surface area contributed by atoms with E-state index in [0.29, 0.717) is 11.1 Å². The summed E-state index contributed by atoms with van der Waals surface area (Å²) in [4.78, 5) is 39.4. The fourth-order valence-corrected chi connectivity index (χ4v) is 3.00. The van der Waals surface area contributed by atoms with E-state index in [9.17, 15) is 23.2 Å². The van der Waals surface area contributed by atoms with Crippen LogP contribution in [0.2, 0.25) is 0 Å². The topological polar surface area (TPSA) is 57.7 Å². The second kappa shape index (κ2) is 7.26. The number of hydrogen-bond donors (Lipinski definition) is 0. The standard InChI is InChI=1S/C20H18F2N2O3/c1-12-3-6-15-16(9-12)20(27)24(19(15)26)8-7-18(25)23(2)11-13-4-5-14(21)10-17(13)22/h3-6,9-10H,7-8,11H2,1-2H3. The molecule has 3 rings (SSSR count). The van der Waals surface area contributed by atoms with Gasteiger partial charge in [-0.3, -0.25) is 19.3 Å². The van der Waals surface area contributed by atoms with Crippen molar-refractivity contribution < 1.29 is 23.2 Å². The van der Waals surface area contributed by atoms with Crippen LogP contribution < -0.4 is 0 Å². The predicted molar refractivity (Wildman–Crippen MR) is 94.0 cm³/mol. The van der Waals surface area contributed by atoms with Gasteiger partial charge in [-0.05, 0) is 25.1 Å². The van der Waals surface area contributed by atoms with Crippen molar-refractivity contribution >= 4 is 17.7 Å². The van der Waals surface area contributed by atoms with Gasteiger partial charge < -0.3 is 4.90 Å². The average molecular weight is 372 g/mol. The van der Waals surface area contributed by atoms with Gasteiger partial charge in [-0.15, -0.1) is 0 Å². The lowest BCUT2D eigenvalue weighted by Crippen LogP contribution is -2.35. The Morgan fingerprint density at radius 3 is 2.44 bits per heavy atom. The third-order valence-electron chi connectivity index (χ3n) is 4.52. The van der Waals surface area contributed by atoms with Crippen molar-refractivity contribution in [3.05, 3.63) is 70.3 Å². The Balaban J connectivity index is 1.62. The second-order valence-electron chi connectivity index (χ2n) is 6.55. The molecule has 140 valence electrons. The van der Waals surface area contributed by atoms with E-state index in [0.717, 1.165) is 22.6 Å². The van der Waals surface area contributed by atoms with Crippen molar-refractivity contribution in [2.45, 2.75) is 19.9 Å². The molecule has 0 saturated heterocycles. The van der Waals surface area contributed by atoms with Crippen molar-refractivity contribution in [1.29, 1.82) is 0 Å². The predicted octanol–water partition coefficient (Wildman–Crippen LogP) is 2.92. The lowest BCUT2D eigenvalue weighted by atomic mass is 10.1. The summed E-state index contributed by atoms with van der Waals surface area (Å²) in [6, 6.07) is 8.17. The molecule has 1 heterocycles. The Kier molecular flexibility index (Phi) is 5.03. The van der Waals surface area contributed by atoms with Crippen LogP contribution in [0.25, 0.3) is 0 Å². The normalized spacial score (nSPS) is 13.1. The van der Waals surface area contributed by atoms with Crippen LogP contribution in [0, 0.1) is 18.6 Å². The molecular formula is C20H18F2N2O3. The van der Waals surface area contributed by atoms with Crippen LogP contribution in [0.4, 0.5) is 8.78 Å². The molecule has 0 N–H and O–H groups in total. The van der Waals surface area contributed by atoms with Gasteiger partial charge in [0, 0.05) is 38.2 Å². The molecule has 0 aromatic heterocycles. The maximum Gasteiger partial charge on any atom is 0.261 e.